The molecule has 0 amide bonds. The quantitative estimate of drug-likeness (QED) is 0.878. The van der Waals surface area contributed by atoms with E-state index in [0.29, 0.717) is 13.1 Å². The molecule has 0 fully saturated rings. The van der Waals surface area contributed by atoms with Crippen molar-refractivity contribution in [3.63, 3.8) is 0 Å². The Bertz CT molecular complexity index is 501. The molecule has 0 bridgehead atoms. The van der Waals surface area contributed by atoms with Gasteiger partial charge in [-0.25, -0.2) is 4.39 Å². The Morgan fingerprint density at radius 2 is 1.43 bits per heavy atom. The van der Waals surface area contributed by atoms with Crippen molar-refractivity contribution < 1.29 is 9.50 Å². The highest BCUT2D eigenvalue weighted by molar-refractivity contribution is 5.22. The standard InChI is InChI=1S/C18H22FNO/c1-14-3-5-16(6-4-14)12-20(11-15(2)21)13-17-7-9-18(19)10-8-17/h3-10,15,21H,11-13H2,1-2H3/t15-/m1/s1. The first-order valence-electron chi connectivity index (χ1n) is 7.23. The normalized spacial score (nSPS) is 12.6. The lowest BCUT2D eigenvalue weighted by atomic mass is 10.1. The molecule has 1 atom stereocenters. The third-order valence-electron chi connectivity index (χ3n) is 3.37. The zero-order valence-electron chi connectivity index (χ0n) is 12.6. The summed E-state index contributed by atoms with van der Waals surface area (Å²) in [7, 11) is 0. The molecule has 0 spiro atoms. The number of rotatable bonds is 6. The second-order valence-electron chi connectivity index (χ2n) is 5.63. The van der Waals surface area contributed by atoms with Crippen LogP contribution in [0.25, 0.3) is 0 Å². The van der Waals surface area contributed by atoms with E-state index in [1.807, 2.05) is 0 Å². The molecule has 0 saturated heterocycles. The number of aryl methyl sites for hydroxylation is 1. The molecule has 0 radical (unpaired) electrons. The predicted molar refractivity (Wildman–Crippen MR) is 83.4 cm³/mol. The first-order chi connectivity index (χ1) is 10.0. The number of aliphatic hydroxyl groups excluding tert-OH is 1. The summed E-state index contributed by atoms with van der Waals surface area (Å²) in [6.45, 7) is 5.90. The van der Waals surface area contributed by atoms with Gasteiger partial charge in [-0.3, -0.25) is 4.90 Å². The van der Waals surface area contributed by atoms with E-state index in [2.05, 4.69) is 36.1 Å². The molecule has 0 aliphatic carbocycles. The molecule has 2 rings (SSSR count). The van der Waals surface area contributed by atoms with E-state index in [1.165, 1.54) is 23.3 Å². The lowest BCUT2D eigenvalue weighted by Crippen LogP contribution is -2.30. The average molecular weight is 287 g/mol. The summed E-state index contributed by atoms with van der Waals surface area (Å²) in [5, 5.41) is 9.67. The zero-order chi connectivity index (χ0) is 15.2. The summed E-state index contributed by atoms with van der Waals surface area (Å²) < 4.78 is 13.0. The Kier molecular flexibility index (Phi) is 5.48. The third kappa shape index (κ3) is 5.29. The lowest BCUT2D eigenvalue weighted by molar-refractivity contribution is 0.118. The highest BCUT2D eigenvalue weighted by atomic mass is 19.1. The number of hydrogen-bond donors (Lipinski definition) is 1. The molecule has 0 aliphatic heterocycles. The van der Waals surface area contributed by atoms with Crippen molar-refractivity contribution in [3.8, 4) is 0 Å². The van der Waals surface area contributed by atoms with Gasteiger partial charge in [0, 0.05) is 19.6 Å². The highest BCUT2D eigenvalue weighted by Crippen LogP contribution is 2.12. The van der Waals surface area contributed by atoms with Crippen molar-refractivity contribution in [2.45, 2.75) is 33.0 Å². The van der Waals surface area contributed by atoms with Gasteiger partial charge < -0.3 is 5.11 Å². The molecule has 0 aromatic heterocycles. The Morgan fingerprint density at radius 1 is 0.952 bits per heavy atom. The number of hydrogen-bond acceptors (Lipinski definition) is 2. The molecule has 2 aromatic carbocycles. The number of halogens is 1. The minimum absolute atomic E-state index is 0.223. The van der Waals surface area contributed by atoms with E-state index in [9.17, 15) is 9.50 Å². The van der Waals surface area contributed by atoms with Gasteiger partial charge >= 0.3 is 0 Å². The number of benzene rings is 2. The fourth-order valence-electron chi connectivity index (χ4n) is 2.36. The Morgan fingerprint density at radius 3 is 1.90 bits per heavy atom. The molecule has 1 N–H and O–H groups in total. The van der Waals surface area contributed by atoms with Gasteiger partial charge in [0.25, 0.3) is 0 Å². The molecule has 0 saturated carbocycles. The van der Waals surface area contributed by atoms with E-state index in [4.69, 9.17) is 0 Å². The van der Waals surface area contributed by atoms with Gasteiger partial charge in [0.15, 0.2) is 0 Å². The summed E-state index contributed by atoms with van der Waals surface area (Å²) in [4.78, 5) is 2.17. The van der Waals surface area contributed by atoms with Crippen molar-refractivity contribution in [2.75, 3.05) is 6.54 Å². The van der Waals surface area contributed by atoms with E-state index in [0.717, 1.165) is 12.1 Å². The van der Waals surface area contributed by atoms with Crippen LogP contribution in [-0.2, 0) is 13.1 Å². The summed E-state index contributed by atoms with van der Waals surface area (Å²) in [5.41, 5.74) is 3.49. The maximum absolute atomic E-state index is 13.0. The molecule has 112 valence electrons. The third-order valence-corrected chi connectivity index (χ3v) is 3.37. The molecular weight excluding hydrogens is 265 g/mol. The van der Waals surface area contributed by atoms with Crippen molar-refractivity contribution in [1.82, 2.24) is 4.90 Å². The molecule has 2 aromatic rings. The summed E-state index contributed by atoms with van der Waals surface area (Å²) in [5.74, 6) is -0.223. The smallest absolute Gasteiger partial charge is 0.123 e. The van der Waals surface area contributed by atoms with Crippen molar-refractivity contribution >= 4 is 0 Å². The van der Waals surface area contributed by atoms with Crippen LogP contribution in [0.15, 0.2) is 48.5 Å². The zero-order valence-corrected chi connectivity index (χ0v) is 12.6. The molecular formula is C18H22FNO. The molecule has 0 aliphatic rings. The average Bonchev–Trinajstić information content (AvgIpc) is 2.43. The lowest BCUT2D eigenvalue weighted by Gasteiger charge is -2.24. The SMILES string of the molecule is Cc1ccc(CN(Cc2ccc(F)cc2)C[C@@H](C)O)cc1. The van der Waals surface area contributed by atoms with E-state index < -0.39 is 6.10 Å². The summed E-state index contributed by atoms with van der Waals surface area (Å²) in [6.07, 6.45) is -0.393. The van der Waals surface area contributed by atoms with Crippen molar-refractivity contribution in [3.05, 3.63) is 71.0 Å². The monoisotopic (exact) mass is 287 g/mol. The number of aliphatic hydroxyl groups is 1. The van der Waals surface area contributed by atoms with Crippen LogP contribution in [0.2, 0.25) is 0 Å². The summed E-state index contributed by atoms with van der Waals surface area (Å²) in [6, 6.07) is 14.9. The summed E-state index contributed by atoms with van der Waals surface area (Å²) >= 11 is 0. The van der Waals surface area contributed by atoms with Crippen LogP contribution in [0.3, 0.4) is 0 Å². The maximum Gasteiger partial charge on any atom is 0.123 e. The van der Waals surface area contributed by atoms with Crippen LogP contribution in [-0.4, -0.2) is 22.7 Å². The van der Waals surface area contributed by atoms with Crippen LogP contribution in [0, 0.1) is 12.7 Å². The molecule has 0 unspecified atom stereocenters. The van der Waals surface area contributed by atoms with E-state index in [-0.39, 0.29) is 5.82 Å². The van der Waals surface area contributed by atoms with E-state index >= 15 is 0 Å². The van der Waals surface area contributed by atoms with Gasteiger partial charge in [-0.15, -0.1) is 0 Å². The van der Waals surface area contributed by atoms with Gasteiger partial charge in [0.1, 0.15) is 5.82 Å². The minimum atomic E-state index is -0.393. The van der Waals surface area contributed by atoms with Crippen LogP contribution < -0.4 is 0 Å². The molecule has 21 heavy (non-hydrogen) atoms. The van der Waals surface area contributed by atoms with Gasteiger partial charge in [0.2, 0.25) is 0 Å². The first kappa shape index (κ1) is 15.7. The molecule has 3 heteroatoms. The van der Waals surface area contributed by atoms with Crippen LogP contribution in [0.4, 0.5) is 4.39 Å². The first-order valence-corrected chi connectivity index (χ1v) is 7.23. The Hall–Kier alpha value is -1.71. The number of nitrogens with zero attached hydrogens (tertiary/aromatic N) is 1. The largest absolute Gasteiger partial charge is 0.392 e. The Balaban J connectivity index is 2.06. The van der Waals surface area contributed by atoms with Gasteiger partial charge in [0.05, 0.1) is 6.10 Å². The molecule has 2 nitrogen and oxygen atoms in total. The van der Waals surface area contributed by atoms with Crippen molar-refractivity contribution in [2.24, 2.45) is 0 Å². The second-order valence-corrected chi connectivity index (χ2v) is 5.63. The van der Waals surface area contributed by atoms with Crippen molar-refractivity contribution in [1.29, 1.82) is 0 Å². The van der Waals surface area contributed by atoms with Gasteiger partial charge in [-0.2, -0.15) is 0 Å². The maximum atomic E-state index is 13.0. The Labute approximate surface area is 125 Å². The second kappa shape index (κ2) is 7.34. The van der Waals surface area contributed by atoms with Gasteiger partial charge in [-0.05, 0) is 37.1 Å². The van der Waals surface area contributed by atoms with Gasteiger partial charge in [-0.1, -0.05) is 42.0 Å². The molecule has 0 heterocycles. The predicted octanol–water partition coefficient (Wildman–Crippen LogP) is 3.52. The van der Waals surface area contributed by atoms with Crippen LogP contribution in [0.5, 0.6) is 0 Å². The van der Waals surface area contributed by atoms with Crippen LogP contribution >= 0.6 is 0 Å². The minimum Gasteiger partial charge on any atom is -0.392 e. The van der Waals surface area contributed by atoms with E-state index in [1.54, 1.807) is 19.1 Å². The van der Waals surface area contributed by atoms with Crippen LogP contribution in [0.1, 0.15) is 23.6 Å². The highest BCUT2D eigenvalue weighted by Gasteiger charge is 2.10. The topological polar surface area (TPSA) is 23.5 Å². The fourth-order valence-corrected chi connectivity index (χ4v) is 2.36. The fraction of sp³-hybridized carbons (Fsp3) is 0.333.